The Bertz CT molecular complexity index is 333. The van der Waals surface area contributed by atoms with Crippen molar-refractivity contribution in [1.29, 1.82) is 0 Å². The molecule has 1 fully saturated rings. The molecule has 6 nitrogen and oxygen atoms in total. The van der Waals surface area contributed by atoms with E-state index in [1.54, 1.807) is 0 Å². The molecule has 0 spiro atoms. The largest absolute Gasteiger partial charge is 0.465 e. The van der Waals surface area contributed by atoms with Crippen LogP contribution < -0.4 is 0 Å². The van der Waals surface area contributed by atoms with Crippen molar-refractivity contribution in [2.45, 2.75) is 40.0 Å². The first-order chi connectivity index (χ1) is 9.97. The molecule has 1 heterocycles. The summed E-state index contributed by atoms with van der Waals surface area (Å²) in [5.74, 6) is -0.471. The monoisotopic (exact) mass is 302 g/mol. The van der Waals surface area contributed by atoms with E-state index in [1.807, 2.05) is 20.8 Å². The van der Waals surface area contributed by atoms with E-state index in [4.69, 9.17) is 18.9 Å². The van der Waals surface area contributed by atoms with E-state index in [0.29, 0.717) is 19.8 Å². The third kappa shape index (κ3) is 6.91. The normalized spacial score (nSPS) is 17.5. The van der Waals surface area contributed by atoms with Crippen molar-refractivity contribution >= 4 is 11.9 Å². The number of ether oxygens (including phenoxy) is 4. The van der Waals surface area contributed by atoms with Gasteiger partial charge >= 0.3 is 11.9 Å². The summed E-state index contributed by atoms with van der Waals surface area (Å²) >= 11 is 0. The topological polar surface area (TPSA) is 71.1 Å². The summed E-state index contributed by atoms with van der Waals surface area (Å²) in [5, 5.41) is 0. The molecule has 1 aliphatic rings. The third-order valence-electron chi connectivity index (χ3n) is 3.38. The number of rotatable bonds is 8. The first kappa shape index (κ1) is 17.9. The Morgan fingerprint density at radius 1 is 1.10 bits per heavy atom. The maximum atomic E-state index is 11.7. The zero-order valence-corrected chi connectivity index (χ0v) is 13.2. The summed E-state index contributed by atoms with van der Waals surface area (Å²) in [7, 11) is 0. The van der Waals surface area contributed by atoms with Gasteiger partial charge in [0.15, 0.2) is 0 Å². The summed E-state index contributed by atoms with van der Waals surface area (Å²) in [6, 6.07) is 0. The van der Waals surface area contributed by atoms with Crippen molar-refractivity contribution in [3.8, 4) is 0 Å². The molecular weight excluding hydrogens is 276 g/mol. The zero-order chi connectivity index (χ0) is 15.7. The van der Waals surface area contributed by atoms with Gasteiger partial charge in [0, 0.05) is 0 Å². The standard InChI is InChI=1S/C15H26O6/c1-4-15(8-18-11-19-9-15)10-21-14(17)6-5-13(16)20-7-12(2)3/h12H,4-11H2,1-3H3. The molecule has 0 aromatic carbocycles. The Kier molecular flexibility index (Phi) is 7.67. The van der Waals surface area contributed by atoms with Crippen LogP contribution in [0.5, 0.6) is 0 Å². The molecular formula is C15H26O6. The van der Waals surface area contributed by atoms with E-state index < -0.39 is 5.97 Å². The molecule has 0 aromatic heterocycles. The van der Waals surface area contributed by atoms with Crippen LogP contribution in [0.2, 0.25) is 0 Å². The first-order valence-corrected chi connectivity index (χ1v) is 7.44. The summed E-state index contributed by atoms with van der Waals surface area (Å²) in [6.45, 7) is 7.89. The van der Waals surface area contributed by atoms with Gasteiger partial charge in [0.2, 0.25) is 0 Å². The van der Waals surface area contributed by atoms with E-state index >= 15 is 0 Å². The number of carbonyl (C=O) groups excluding carboxylic acids is 2. The van der Waals surface area contributed by atoms with Gasteiger partial charge in [-0.3, -0.25) is 9.59 Å². The van der Waals surface area contributed by atoms with Crippen molar-refractivity contribution in [3.63, 3.8) is 0 Å². The lowest BCUT2D eigenvalue weighted by Crippen LogP contribution is -2.41. The molecule has 1 aliphatic heterocycles. The highest BCUT2D eigenvalue weighted by molar-refractivity contribution is 5.77. The number of carbonyl (C=O) groups is 2. The van der Waals surface area contributed by atoms with Gasteiger partial charge in [0.1, 0.15) is 13.4 Å². The summed E-state index contributed by atoms with van der Waals surface area (Å²) in [5.41, 5.74) is -0.272. The van der Waals surface area contributed by atoms with Crippen LogP contribution in [0.4, 0.5) is 0 Å². The molecule has 21 heavy (non-hydrogen) atoms. The highest BCUT2D eigenvalue weighted by Gasteiger charge is 2.33. The third-order valence-corrected chi connectivity index (χ3v) is 3.38. The molecule has 0 N–H and O–H groups in total. The minimum Gasteiger partial charge on any atom is -0.465 e. The lowest BCUT2D eigenvalue weighted by Gasteiger charge is -2.35. The summed E-state index contributed by atoms with van der Waals surface area (Å²) in [4.78, 5) is 23.1. The Morgan fingerprint density at radius 2 is 1.67 bits per heavy atom. The molecule has 0 amide bonds. The van der Waals surface area contributed by atoms with Crippen LogP contribution in [0, 0.1) is 11.3 Å². The number of esters is 2. The van der Waals surface area contributed by atoms with Gasteiger partial charge in [-0.2, -0.15) is 0 Å². The fraction of sp³-hybridized carbons (Fsp3) is 0.867. The molecule has 0 aromatic rings. The molecule has 1 rings (SSSR count). The van der Waals surface area contributed by atoms with Crippen LogP contribution in [0.1, 0.15) is 40.0 Å². The molecule has 0 aliphatic carbocycles. The molecule has 6 heteroatoms. The Hall–Kier alpha value is -1.14. The first-order valence-electron chi connectivity index (χ1n) is 7.44. The molecule has 122 valence electrons. The van der Waals surface area contributed by atoms with Gasteiger partial charge in [-0.1, -0.05) is 20.8 Å². The van der Waals surface area contributed by atoms with Crippen molar-refractivity contribution in [2.24, 2.45) is 11.3 Å². The van der Waals surface area contributed by atoms with Gasteiger partial charge in [-0.05, 0) is 12.3 Å². The van der Waals surface area contributed by atoms with Gasteiger partial charge in [0.05, 0.1) is 38.1 Å². The van der Waals surface area contributed by atoms with Crippen LogP contribution in [-0.4, -0.2) is 45.2 Å². The minimum atomic E-state index is -0.394. The van der Waals surface area contributed by atoms with E-state index in [-0.39, 0.29) is 43.5 Å². The van der Waals surface area contributed by atoms with Crippen molar-refractivity contribution in [1.82, 2.24) is 0 Å². The summed E-state index contributed by atoms with van der Waals surface area (Å²) in [6.07, 6.45) is 0.896. The fourth-order valence-corrected chi connectivity index (χ4v) is 1.85. The van der Waals surface area contributed by atoms with Crippen molar-refractivity contribution in [2.75, 3.05) is 33.2 Å². The lowest BCUT2D eigenvalue weighted by atomic mass is 9.87. The highest BCUT2D eigenvalue weighted by atomic mass is 16.7. The van der Waals surface area contributed by atoms with E-state index in [2.05, 4.69) is 0 Å². The Labute approximate surface area is 126 Å². The van der Waals surface area contributed by atoms with Gasteiger partial charge < -0.3 is 18.9 Å². The van der Waals surface area contributed by atoms with Gasteiger partial charge in [0.25, 0.3) is 0 Å². The molecule has 0 atom stereocenters. The van der Waals surface area contributed by atoms with Crippen LogP contribution in [0.15, 0.2) is 0 Å². The Morgan fingerprint density at radius 3 is 2.19 bits per heavy atom. The fourth-order valence-electron chi connectivity index (χ4n) is 1.85. The minimum absolute atomic E-state index is 0.0401. The zero-order valence-electron chi connectivity index (χ0n) is 13.2. The van der Waals surface area contributed by atoms with E-state index in [9.17, 15) is 9.59 Å². The second-order valence-corrected chi connectivity index (χ2v) is 5.91. The molecule has 0 saturated carbocycles. The average Bonchev–Trinajstić information content (AvgIpc) is 2.49. The molecule has 0 bridgehead atoms. The summed E-state index contributed by atoms with van der Waals surface area (Å²) < 4.78 is 20.8. The quantitative estimate of drug-likeness (QED) is 0.638. The predicted octanol–water partition coefficient (Wildman–Crippen LogP) is 1.91. The molecule has 0 radical (unpaired) electrons. The predicted molar refractivity (Wildman–Crippen MR) is 75.5 cm³/mol. The second kappa shape index (κ2) is 9.00. The second-order valence-electron chi connectivity index (χ2n) is 5.91. The van der Waals surface area contributed by atoms with Crippen molar-refractivity contribution < 1.29 is 28.5 Å². The SMILES string of the molecule is CCC1(COC(=O)CCC(=O)OCC(C)C)COCOC1. The van der Waals surface area contributed by atoms with Crippen LogP contribution in [0.3, 0.4) is 0 Å². The van der Waals surface area contributed by atoms with E-state index in [0.717, 1.165) is 6.42 Å². The van der Waals surface area contributed by atoms with Gasteiger partial charge in [-0.25, -0.2) is 0 Å². The van der Waals surface area contributed by atoms with Crippen LogP contribution in [0.25, 0.3) is 0 Å². The van der Waals surface area contributed by atoms with Crippen LogP contribution in [-0.2, 0) is 28.5 Å². The van der Waals surface area contributed by atoms with Crippen molar-refractivity contribution in [3.05, 3.63) is 0 Å². The molecule has 0 unspecified atom stereocenters. The average molecular weight is 302 g/mol. The lowest BCUT2D eigenvalue weighted by molar-refractivity contribution is -0.187. The number of hydrogen-bond donors (Lipinski definition) is 0. The highest BCUT2D eigenvalue weighted by Crippen LogP contribution is 2.26. The maximum absolute atomic E-state index is 11.7. The smallest absolute Gasteiger partial charge is 0.306 e. The van der Waals surface area contributed by atoms with Gasteiger partial charge in [-0.15, -0.1) is 0 Å². The maximum Gasteiger partial charge on any atom is 0.306 e. The Balaban J connectivity index is 2.22. The molecule has 1 saturated heterocycles. The van der Waals surface area contributed by atoms with Crippen LogP contribution >= 0.6 is 0 Å². The van der Waals surface area contributed by atoms with E-state index in [1.165, 1.54) is 0 Å². The number of hydrogen-bond acceptors (Lipinski definition) is 6.